The molecule has 0 aromatic heterocycles. The largest absolute Gasteiger partial charge is 0.480 e. The monoisotopic (exact) mass is 326 g/mol. The minimum absolute atomic E-state index is 0.0299. The Bertz CT molecular complexity index is 423. The van der Waals surface area contributed by atoms with Gasteiger partial charge in [0.2, 0.25) is 5.91 Å². The Morgan fingerprint density at radius 1 is 1.22 bits per heavy atom. The highest BCUT2D eigenvalue weighted by atomic mass is 16.4. The first-order chi connectivity index (χ1) is 10.8. The molecule has 1 rings (SSSR count). The number of nitrogens with one attached hydrogen (secondary N) is 1. The summed E-state index contributed by atoms with van der Waals surface area (Å²) in [7, 11) is 0. The number of hydrogen-bond acceptors (Lipinski definition) is 4. The average molecular weight is 326 g/mol. The molecule has 1 unspecified atom stereocenters. The van der Waals surface area contributed by atoms with Gasteiger partial charge in [-0.2, -0.15) is 0 Å². The van der Waals surface area contributed by atoms with Crippen LogP contribution in [0.5, 0.6) is 0 Å². The fourth-order valence-electron chi connectivity index (χ4n) is 3.21. The molecule has 2 atom stereocenters. The Hall–Kier alpha value is -1.43. The van der Waals surface area contributed by atoms with Crippen LogP contribution in [-0.2, 0) is 14.4 Å². The van der Waals surface area contributed by atoms with Crippen LogP contribution >= 0.6 is 0 Å². The Morgan fingerprint density at radius 2 is 1.91 bits per heavy atom. The van der Waals surface area contributed by atoms with Crippen molar-refractivity contribution in [3.63, 3.8) is 0 Å². The summed E-state index contributed by atoms with van der Waals surface area (Å²) in [5.74, 6) is -0.787. The first-order valence-electron chi connectivity index (χ1n) is 8.58. The lowest BCUT2D eigenvalue weighted by atomic mass is 9.85. The third kappa shape index (κ3) is 6.69. The molecule has 1 saturated heterocycles. The van der Waals surface area contributed by atoms with Crippen molar-refractivity contribution < 1.29 is 19.5 Å². The van der Waals surface area contributed by atoms with Crippen molar-refractivity contribution in [1.82, 2.24) is 10.2 Å². The molecular weight excluding hydrogens is 296 g/mol. The highest BCUT2D eigenvalue weighted by Gasteiger charge is 2.36. The molecule has 0 saturated carbocycles. The maximum Gasteiger partial charge on any atom is 0.320 e. The molecular formula is C17H30N2O4. The van der Waals surface area contributed by atoms with E-state index in [9.17, 15) is 19.5 Å². The zero-order valence-corrected chi connectivity index (χ0v) is 14.5. The second kappa shape index (κ2) is 9.65. The number of aliphatic carboxylic acids is 1. The van der Waals surface area contributed by atoms with E-state index in [-0.39, 0.29) is 23.7 Å². The van der Waals surface area contributed by atoms with Crippen molar-refractivity contribution in [3.8, 4) is 0 Å². The molecule has 0 radical (unpaired) electrons. The van der Waals surface area contributed by atoms with Gasteiger partial charge in [0.1, 0.15) is 11.8 Å². The van der Waals surface area contributed by atoms with Crippen LogP contribution in [0.4, 0.5) is 0 Å². The highest BCUT2D eigenvalue weighted by molar-refractivity contribution is 5.82. The van der Waals surface area contributed by atoms with Gasteiger partial charge in [0.15, 0.2) is 0 Å². The number of carbonyl (C=O) groups is 3. The van der Waals surface area contributed by atoms with Gasteiger partial charge in [-0.25, -0.2) is 0 Å². The molecule has 1 aliphatic heterocycles. The van der Waals surface area contributed by atoms with Gasteiger partial charge >= 0.3 is 5.97 Å². The van der Waals surface area contributed by atoms with Crippen molar-refractivity contribution in [1.29, 1.82) is 0 Å². The number of unbranched alkanes of at least 4 members (excludes halogenated alkanes) is 2. The second-order valence-corrected chi connectivity index (χ2v) is 6.67. The summed E-state index contributed by atoms with van der Waals surface area (Å²) in [6.45, 7) is 6.80. The Kier molecular flexibility index (Phi) is 8.23. The molecule has 1 fully saturated rings. The number of Topliss-reactive ketones (excluding diaryl/α,β-unsaturated/α-hetero) is 1. The fourth-order valence-corrected chi connectivity index (χ4v) is 3.21. The van der Waals surface area contributed by atoms with E-state index in [4.69, 9.17) is 0 Å². The van der Waals surface area contributed by atoms with Gasteiger partial charge in [0.25, 0.3) is 0 Å². The lowest BCUT2D eigenvalue weighted by Crippen LogP contribution is -2.51. The Balaban J connectivity index is 2.34. The number of carbonyl (C=O) groups excluding carboxylic acids is 2. The molecule has 2 N–H and O–H groups in total. The lowest BCUT2D eigenvalue weighted by molar-refractivity contribution is -0.147. The van der Waals surface area contributed by atoms with Crippen molar-refractivity contribution in [2.75, 3.05) is 13.1 Å². The first kappa shape index (κ1) is 19.6. The number of likely N-dealkylation sites (tertiary alicyclic amines) is 1. The smallest absolute Gasteiger partial charge is 0.320 e. The third-order valence-corrected chi connectivity index (χ3v) is 4.52. The number of carboxylic acids is 1. The fraction of sp³-hybridized carbons (Fsp3) is 0.824. The molecule has 6 heteroatoms. The van der Waals surface area contributed by atoms with Gasteiger partial charge in [-0.05, 0) is 46.1 Å². The van der Waals surface area contributed by atoms with Gasteiger partial charge in [-0.15, -0.1) is 0 Å². The molecule has 23 heavy (non-hydrogen) atoms. The summed E-state index contributed by atoms with van der Waals surface area (Å²) >= 11 is 0. The Morgan fingerprint density at radius 3 is 2.48 bits per heavy atom. The van der Waals surface area contributed by atoms with Crippen LogP contribution in [0.15, 0.2) is 0 Å². The van der Waals surface area contributed by atoms with E-state index in [2.05, 4.69) is 5.32 Å². The summed E-state index contributed by atoms with van der Waals surface area (Å²) in [4.78, 5) is 36.4. The molecule has 6 nitrogen and oxygen atoms in total. The number of nitrogens with zero attached hydrogens (tertiary/aromatic N) is 1. The predicted molar refractivity (Wildman–Crippen MR) is 88.1 cm³/mol. The number of piperidine rings is 1. The summed E-state index contributed by atoms with van der Waals surface area (Å²) in [6.07, 6.45) is 4.28. The molecule has 0 aromatic rings. The maximum absolute atomic E-state index is 12.3. The second-order valence-electron chi connectivity index (χ2n) is 6.67. The zero-order chi connectivity index (χ0) is 17.4. The number of rotatable bonds is 9. The zero-order valence-electron chi connectivity index (χ0n) is 14.5. The van der Waals surface area contributed by atoms with Crippen LogP contribution in [-0.4, -0.2) is 52.8 Å². The van der Waals surface area contributed by atoms with E-state index in [0.717, 1.165) is 25.7 Å². The van der Waals surface area contributed by atoms with Crippen molar-refractivity contribution in [3.05, 3.63) is 0 Å². The van der Waals surface area contributed by atoms with E-state index < -0.39 is 12.0 Å². The van der Waals surface area contributed by atoms with Crippen molar-refractivity contribution in [2.24, 2.45) is 5.92 Å². The molecule has 0 bridgehead atoms. The molecule has 132 valence electrons. The molecule has 0 aliphatic carbocycles. The maximum atomic E-state index is 12.3. The molecule has 0 spiro atoms. The minimum atomic E-state index is -0.827. The van der Waals surface area contributed by atoms with Gasteiger partial charge in [0, 0.05) is 31.8 Å². The van der Waals surface area contributed by atoms with Gasteiger partial charge in [0.05, 0.1) is 0 Å². The van der Waals surface area contributed by atoms with Gasteiger partial charge in [-0.3, -0.25) is 19.3 Å². The number of ketones is 1. The highest BCUT2D eigenvalue weighted by Crippen LogP contribution is 2.27. The van der Waals surface area contributed by atoms with E-state index >= 15 is 0 Å². The van der Waals surface area contributed by atoms with Crippen molar-refractivity contribution in [2.45, 2.75) is 71.4 Å². The van der Waals surface area contributed by atoms with Gasteiger partial charge < -0.3 is 10.4 Å². The van der Waals surface area contributed by atoms with Crippen LogP contribution in [0.25, 0.3) is 0 Å². The van der Waals surface area contributed by atoms with Gasteiger partial charge in [-0.1, -0.05) is 6.42 Å². The topological polar surface area (TPSA) is 86.7 Å². The Labute approximate surface area is 138 Å². The van der Waals surface area contributed by atoms with E-state index in [1.807, 2.05) is 18.7 Å². The van der Waals surface area contributed by atoms with E-state index in [0.29, 0.717) is 25.9 Å². The molecule has 0 aromatic carbocycles. The lowest BCUT2D eigenvalue weighted by Gasteiger charge is -2.39. The average Bonchev–Trinajstić information content (AvgIpc) is 2.49. The molecule has 1 heterocycles. The van der Waals surface area contributed by atoms with Crippen LogP contribution in [0.1, 0.15) is 59.3 Å². The summed E-state index contributed by atoms with van der Waals surface area (Å²) < 4.78 is 0. The minimum Gasteiger partial charge on any atom is -0.480 e. The summed E-state index contributed by atoms with van der Waals surface area (Å²) in [5.41, 5.74) is 0. The van der Waals surface area contributed by atoms with E-state index in [1.165, 1.54) is 6.92 Å². The molecule has 1 amide bonds. The molecule has 1 aliphatic rings. The normalized spacial score (nSPS) is 22.1. The number of amides is 1. The predicted octanol–water partition coefficient (Wildman–Crippen LogP) is 1.83. The number of carboxylic acid groups (broad SMARTS) is 1. The van der Waals surface area contributed by atoms with Crippen LogP contribution in [0.2, 0.25) is 0 Å². The third-order valence-electron chi connectivity index (χ3n) is 4.52. The quantitative estimate of drug-likeness (QED) is 0.631. The summed E-state index contributed by atoms with van der Waals surface area (Å²) in [6, 6.07) is -0.363. The van der Waals surface area contributed by atoms with E-state index in [1.54, 1.807) is 0 Å². The first-order valence-corrected chi connectivity index (χ1v) is 8.58. The standard InChI is InChI=1S/C17H30N2O4/c1-12(2)19-10-8-14(11-15(19)17(22)23)16(21)7-5-4-6-9-18-13(3)20/h12,14-15H,4-11H2,1-3H3,(H,18,20)(H,22,23)/t14?,15-/m0/s1. The summed E-state index contributed by atoms with van der Waals surface area (Å²) in [5, 5.41) is 12.1. The SMILES string of the molecule is CC(=O)NCCCCCC(=O)C1CCN(C(C)C)[C@H](C(=O)O)C1. The van der Waals surface area contributed by atoms with Crippen molar-refractivity contribution >= 4 is 17.7 Å². The van der Waals surface area contributed by atoms with Crippen LogP contribution in [0, 0.1) is 5.92 Å². The van der Waals surface area contributed by atoms with Crippen LogP contribution in [0.3, 0.4) is 0 Å². The van der Waals surface area contributed by atoms with Crippen LogP contribution < -0.4 is 5.32 Å². The number of hydrogen-bond donors (Lipinski definition) is 2.